The molecule has 0 aliphatic carbocycles. The normalized spacial score (nSPS) is 24.9. The Balaban J connectivity index is 1.70. The average Bonchev–Trinajstić information content (AvgIpc) is 3.11. The molecule has 8 heteroatoms. The fourth-order valence-electron chi connectivity index (χ4n) is 4.15. The van der Waals surface area contributed by atoms with Crippen molar-refractivity contribution in [2.45, 2.75) is 38.0 Å². The molecule has 1 N–H and O–H groups in total. The minimum Gasteiger partial charge on any atom is -0.324 e. The molecule has 0 radical (unpaired) electrons. The molecule has 150 valence electrons. The summed E-state index contributed by atoms with van der Waals surface area (Å²) < 4.78 is 27.0. The van der Waals surface area contributed by atoms with Crippen molar-refractivity contribution in [2.24, 2.45) is 11.8 Å². The van der Waals surface area contributed by atoms with Crippen molar-refractivity contribution in [3.8, 4) is 0 Å². The van der Waals surface area contributed by atoms with Gasteiger partial charge in [-0.15, -0.1) is 0 Å². The number of hydrogen-bond acceptors (Lipinski definition) is 4. The van der Waals surface area contributed by atoms with Crippen LogP contribution >= 0.6 is 11.6 Å². The van der Waals surface area contributed by atoms with E-state index in [-0.39, 0.29) is 17.3 Å². The van der Waals surface area contributed by atoms with Crippen molar-refractivity contribution < 1.29 is 13.2 Å². The van der Waals surface area contributed by atoms with E-state index in [9.17, 15) is 13.2 Å². The predicted molar refractivity (Wildman–Crippen MR) is 107 cm³/mol. The SMILES string of the molecule is C[C@@H]1C[C@@H](C)CN(CC(=O)Nc2cc(S(=O)(=O)N3CCCC3)ccc2Cl)C1. The van der Waals surface area contributed by atoms with E-state index >= 15 is 0 Å². The smallest absolute Gasteiger partial charge is 0.243 e. The third-order valence-corrected chi connectivity index (χ3v) is 7.45. The summed E-state index contributed by atoms with van der Waals surface area (Å²) in [4.78, 5) is 14.8. The largest absolute Gasteiger partial charge is 0.324 e. The fraction of sp³-hybridized carbons (Fsp3) is 0.632. The second kappa shape index (κ2) is 8.47. The van der Waals surface area contributed by atoms with Gasteiger partial charge in [0.2, 0.25) is 15.9 Å². The summed E-state index contributed by atoms with van der Waals surface area (Å²) in [6, 6.07) is 4.50. The van der Waals surface area contributed by atoms with E-state index in [1.54, 1.807) is 0 Å². The molecular weight excluding hydrogens is 386 g/mol. The molecule has 0 unspecified atom stereocenters. The van der Waals surface area contributed by atoms with E-state index in [0.717, 1.165) is 25.9 Å². The number of benzene rings is 1. The first-order chi connectivity index (χ1) is 12.8. The topological polar surface area (TPSA) is 69.7 Å². The van der Waals surface area contributed by atoms with Crippen LogP contribution in [0.4, 0.5) is 5.69 Å². The summed E-state index contributed by atoms with van der Waals surface area (Å²) >= 11 is 6.20. The number of sulfonamides is 1. The molecule has 2 atom stereocenters. The van der Waals surface area contributed by atoms with Gasteiger partial charge in [0.05, 0.1) is 22.2 Å². The Morgan fingerprint density at radius 1 is 1.19 bits per heavy atom. The van der Waals surface area contributed by atoms with Crippen molar-refractivity contribution in [1.82, 2.24) is 9.21 Å². The third-order valence-electron chi connectivity index (χ3n) is 5.23. The summed E-state index contributed by atoms with van der Waals surface area (Å²) in [5.41, 5.74) is 0.347. The molecule has 1 aromatic rings. The third kappa shape index (κ3) is 5.02. The maximum absolute atomic E-state index is 12.7. The molecule has 0 bridgehead atoms. The van der Waals surface area contributed by atoms with Crippen molar-refractivity contribution in [1.29, 1.82) is 0 Å². The molecular formula is C19H28ClN3O3S. The quantitative estimate of drug-likeness (QED) is 0.805. The van der Waals surface area contributed by atoms with Gasteiger partial charge in [0, 0.05) is 26.2 Å². The highest BCUT2D eigenvalue weighted by Crippen LogP contribution is 2.28. The Labute approximate surface area is 166 Å². The molecule has 1 aromatic carbocycles. The fourth-order valence-corrected chi connectivity index (χ4v) is 5.86. The van der Waals surface area contributed by atoms with Crippen LogP contribution in [0.1, 0.15) is 33.1 Å². The first-order valence-corrected chi connectivity index (χ1v) is 11.4. The van der Waals surface area contributed by atoms with Gasteiger partial charge in [0.25, 0.3) is 0 Å². The number of rotatable bonds is 5. The van der Waals surface area contributed by atoms with Gasteiger partial charge in [-0.1, -0.05) is 25.4 Å². The standard InChI is InChI=1S/C19H28ClN3O3S/c1-14-9-15(2)12-22(11-14)13-19(24)21-18-10-16(5-6-17(18)20)27(25,26)23-7-3-4-8-23/h5-6,10,14-15H,3-4,7-9,11-13H2,1-2H3,(H,21,24)/t14-,15-/m1/s1. The van der Waals surface area contributed by atoms with Gasteiger partial charge in [-0.3, -0.25) is 9.69 Å². The second-order valence-corrected chi connectivity index (χ2v) is 10.3. The molecule has 2 fully saturated rings. The summed E-state index contributed by atoms with van der Waals surface area (Å²) in [5.74, 6) is 0.965. The molecule has 3 rings (SSSR count). The minimum absolute atomic E-state index is 0.171. The van der Waals surface area contributed by atoms with Crippen LogP contribution in [0, 0.1) is 11.8 Å². The Hall–Kier alpha value is -1.15. The number of piperidine rings is 1. The molecule has 0 saturated carbocycles. The summed E-state index contributed by atoms with van der Waals surface area (Å²) in [7, 11) is -3.54. The lowest BCUT2D eigenvalue weighted by Gasteiger charge is -2.34. The van der Waals surface area contributed by atoms with Crippen molar-refractivity contribution in [3.63, 3.8) is 0 Å². The molecule has 2 aliphatic rings. The average molecular weight is 414 g/mol. The van der Waals surface area contributed by atoms with Crippen LogP contribution < -0.4 is 5.32 Å². The molecule has 6 nitrogen and oxygen atoms in total. The summed E-state index contributed by atoms with van der Waals surface area (Å²) in [6.07, 6.45) is 2.94. The van der Waals surface area contributed by atoms with Gasteiger partial charge < -0.3 is 5.32 Å². The lowest BCUT2D eigenvalue weighted by atomic mass is 9.92. The highest BCUT2D eigenvalue weighted by Gasteiger charge is 2.28. The molecule has 2 aliphatic heterocycles. The number of halogens is 1. The van der Waals surface area contributed by atoms with Gasteiger partial charge >= 0.3 is 0 Å². The van der Waals surface area contributed by atoms with Gasteiger partial charge in [0.15, 0.2) is 0 Å². The van der Waals surface area contributed by atoms with E-state index in [0.29, 0.717) is 35.6 Å². The zero-order valence-corrected chi connectivity index (χ0v) is 17.5. The van der Waals surface area contributed by atoms with Crippen LogP contribution in [0.25, 0.3) is 0 Å². The Bertz CT molecular complexity index is 783. The maximum atomic E-state index is 12.7. The van der Waals surface area contributed by atoms with Crippen molar-refractivity contribution in [2.75, 3.05) is 38.0 Å². The van der Waals surface area contributed by atoms with E-state index in [1.807, 2.05) is 0 Å². The first-order valence-electron chi connectivity index (χ1n) is 9.57. The molecule has 27 heavy (non-hydrogen) atoms. The number of nitrogens with zero attached hydrogens (tertiary/aromatic N) is 2. The van der Waals surface area contributed by atoms with Crippen molar-refractivity contribution in [3.05, 3.63) is 23.2 Å². The number of amides is 1. The molecule has 0 spiro atoms. The number of hydrogen-bond donors (Lipinski definition) is 1. The number of nitrogens with one attached hydrogen (secondary N) is 1. The van der Waals surface area contributed by atoms with Crippen LogP contribution in [0.2, 0.25) is 5.02 Å². The van der Waals surface area contributed by atoms with E-state index in [1.165, 1.54) is 28.9 Å². The van der Waals surface area contributed by atoms with Gasteiger partial charge in [-0.2, -0.15) is 4.31 Å². The number of likely N-dealkylation sites (tertiary alicyclic amines) is 1. The monoisotopic (exact) mass is 413 g/mol. The van der Waals surface area contributed by atoms with E-state index < -0.39 is 10.0 Å². The highest BCUT2D eigenvalue weighted by molar-refractivity contribution is 7.89. The predicted octanol–water partition coefficient (Wildman–Crippen LogP) is 3.04. The molecule has 0 aromatic heterocycles. The molecule has 2 saturated heterocycles. The summed E-state index contributed by atoms with van der Waals surface area (Å²) in [5, 5.41) is 3.13. The van der Waals surface area contributed by atoms with Crippen LogP contribution in [0.5, 0.6) is 0 Å². The minimum atomic E-state index is -3.54. The van der Waals surface area contributed by atoms with Crippen LogP contribution in [-0.4, -0.2) is 56.3 Å². The highest BCUT2D eigenvalue weighted by atomic mass is 35.5. The van der Waals surface area contributed by atoms with Crippen LogP contribution in [0.3, 0.4) is 0 Å². The Kier molecular flexibility index (Phi) is 6.46. The Morgan fingerprint density at radius 3 is 2.44 bits per heavy atom. The second-order valence-electron chi connectivity index (χ2n) is 7.94. The van der Waals surface area contributed by atoms with Gasteiger partial charge in [-0.05, 0) is 49.3 Å². The van der Waals surface area contributed by atoms with Crippen molar-refractivity contribution >= 4 is 33.2 Å². The lowest BCUT2D eigenvalue weighted by molar-refractivity contribution is -0.117. The van der Waals surface area contributed by atoms with Crippen LogP contribution in [-0.2, 0) is 14.8 Å². The Morgan fingerprint density at radius 2 is 1.81 bits per heavy atom. The zero-order chi connectivity index (χ0) is 19.6. The number of carbonyl (C=O) groups is 1. The molecule has 2 heterocycles. The van der Waals surface area contributed by atoms with E-state index in [4.69, 9.17) is 11.6 Å². The zero-order valence-electron chi connectivity index (χ0n) is 15.9. The maximum Gasteiger partial charge on any atom is 0.243 e. The van der Waals surface area contributed by atoms with Crippen LogP contribution in [0.15, 0.2) is 23.1 Å². The lowest BCUT2D eigenvalue weighted by Crippen LogP contribution is -2.42. The van der Waals surface area contributed by atoms with Gasteiger partial charge in [0.1, 0.15) is 0 Å². The number of anilines is 1. The molecule has 1 amide bonds. The first kappa shape index (κ1) is 20.6. The number of carbonyl (C=O) groups excluding carboxylic acids is 1. The van der Waals surface area contributed by atoms with Gasteiger partial charge in [-0.25, -0.2) is 8.42 Å². The van der Waals surface area contributed by atoms with E-state index in [2.05, 4.69) is 24.1 Å². The summed E-state index contributed by atoms with van der Waals surface area (Å²) in [6.45, 7) is 7.56.